The molecule has 142 valence electrons. The van der Waals surface area contributed by atoms with E-state index in [0.717, 1.165) is 0 Å². The highest BCUT2D eigenvalue weighted by molar-refractivity contribution is 7.98. The maximum atomic E-state index is 12.6. The zero-order valence-electron chi connectivity index (χ0n) is 14.2. The van der Waals surface area contributed by atoms with Gasteiger partial charge in [-0.1, -0.05) is 0 Å². The molecule has 2 aromatic heterocycles. The smallest absolute Gasteiger partial charge is 0.417 e. The van der Waals surface area contributed by atoms with Gasteiger partial charge in [0.05, 0.1) is 5.52 Å². The van der Waals surface area contributed by atoms with Crippen LogP contribution in [0.1, 0.15) is 17.0 Å². The number of amides is 2. The summed E-state index contributed by atoms with van der Waals surface area (Å²) in [5, 5.41) is 5.47. The summed E-state index contributed by atoms with van der Waals surface area (Å²) in [4.78, 5) is 38.7. The van der Waals surface area contributed by atoms with E-state index >= 15 is 0 Å². The lowest BCUT2D eigenvalue weighted by Gasteiger charge is -2.17. The number of aromatic amines is 1. The Balaban J connectivity index is 1.73. The fraction of sp³-hybridized carbons (Fsp3) is 0.235. The summed E-state index contributed by atoms with van der Waals surface area (Å²) in [6.07, 6.45) is 2.34. The molecular weight excluding hydrogens is 394 g/mol. The third-order valence-electron chi connectivity index (χ3n) is 3.72. The quantitative estimate of drug-likeness (QED) is 0.552. The van der Waals surface area contributed by atoms with E-state index in [1.54, 1.807) is 30.0 Å². The van der Waals surface area contributed by atoms with Crippen LogP contribution in [0.15, 0.2) is 44.0 Å². The normalized spacial score (nSPS) is 12.1. The van der Waals surface area contributed by atoms with Gasteiger partial charge in [0.25, 0.3) is 5.91 Å². The number of carbonyl (C=O) groups is 2. The molecule has 0 saturated carbocycles. The van der Waals surface area contributed by atoms with Crippen LogP contribution in [0, 0.1) is 0 Å². The summed E-state index contributed by atoms with van der Waals surface area (Å²) < 4.78 is 10.00. The average molecular weight is 410 g/mol. The summed E-state index contributed by atoms with van der Waals surface area (Å²) in [6.45, 7) is 0. The topological polar surface area (TPSA) is 117 Å². The van der Waals surface area contributed by atoms with Crippen LogP contribution in [0.2, 0.25) is 5.22 Å². The minimum absolute atomic E-state index is 0.0272. The first kappa shape index (κ1) is 19.1. The number of halogens is 1. The number of fused-ring (bicyclic) bond motifs is 1. The number of oxazole rings is 1. The first-order valence-corrected chi connectivity index (χ1v) is 9.72. The number of hydrogen-bond acceptors (Lipinski definition) is 6. The highest BCUT2D eigenvalue weighted by Crippen LogP contribution is 2.17. The van der Waals surface area contributed by atoms with E-state index in [0.29, 0.717) is 29.0 Å². The van der Waals surface area contributed by atoms with Crippen molar-refractivity contribution in [2.75, 3.05) is 17.3 Å². The zero-order chi connectivity index (χ0) is 19.4. The molecule has 0 radical (unpaired) electrons. The summed E-state index contributed by atoms with van der Waals surface area (Å²) >= 11 is 7.24. The van der Waals surface area contributed by atoms with E-state index in [9.17, 15) is 14.4 Å². The Hall–Kier alpha value is -2.65. The molecule has 0 bridgehead atoms. The van der Waals surface area contributed by atoms with Crippen LogP contribution in [0.25, 0.3) is 11.1 Å². The zero-order valence-corrected chi connectivity index (χ0v) is 15.8. The molecular formula is C17H16ClN3O5S. The van der Waals surface area contributed by atoms with Gasteiger partial charge in [0, 0.05) is 5.69 Å². The summed E-state index contributed by atoms with van der Waals surface area (Å²) in [6, 6.07) is 6.88. The van der Waals surface area contributed by atoms with Crippen molar-refractivity contribution in [1.82, 2.24) is 10.3 Å². The minimum Gasteiger partial charge on any atom is -0.440 e. The number of hydrogen-bond donors (Lipinski definition) is 3. The van der Waals surface area contributed by atoms with Crippen LogP contribution in [0.3, 0.4) is 0 Å². The highest BCUT2D eigenvalue weighted by Gasteiger charge is 2.23. The second-order valence-electron chi connectivity index (χ2n) is 5.63. The van der Waals surface area contributed by atoms with Crippen molar-refractivity contribution >= 4 is 52.0 Å². The number of nitrogens with one attached hydrogen (secondary N) is 3. The summed E-state index contributed by atoms with van der Waals surface area (Å²) in [5.74, 6) is -0.793. The van der Waals surface area contributed by atoms with Gasteiger partial charge in [0.15, 0.2) is 16.6 Å². The van der Waals surface area contributed by atoms with Crippen molar-refractivity contribution in [1.29, 1.82) is 0 Å². The molecule has 3 N–H and O–H groups in total. The Morgan fingerprint density at radius 2 is 2.07 bits per heavy atom. The Labute approximate surface area is 162 Å². The number of H-pyrrole nitrogens is 1. The maximum Gasteiger partial charge on any atom is 0.417 e. The van der Waals surface area contributed by atoms with Crippen molar-refractivity contribution in [3.63, 3.8) is 0 Å². The first-order chi connectivity index (χ1) is 13.0. The molecule has 0 fully saturated rings. The van der Waals surface area contributed by atoms with Gasteiger partial charge in [-0.3, -0.25) is 14.6 Å². The minimum atomic E-state index is -0.770. The van der Waals surface area contributed by atoms with E-state index in [2.05, 4.69) is 15.6 Å². The number of aromatic nitrogens is 1. The lowest BCUT2D eigenvalue weighted by molar-refractivity contribution is -0.118. The number of rotatable bonds is 7. The number of benzene rings is 1. The van der Waals surface area contributed by atoms with E-state index in [1.165, 1.54) is 12.1 Å². The molecule has 0 aliphatic heterocycles. The van der Waals surface area contributed by atoms with Gasteiger partial charge in [0.1, 0.15) is 6.04 Å². The first-order valence-electron chi connectivity index (χ1n) is 7.95. The molecule has 0 spiro atoms. The maximum absolute atomic E-state index is 12.6. The lowest BCUT2D eigenvalue weighted by Crippen LogP contribution is -2.44. The predicted octanol–water partition coefficient (Wildman–Crippen LogP) is 2.86. The summed E-state index contributed by atoms with van der Waals surface area (Å²) in [7, 11) is 0. The van der Waals surface area contributed by atoms with Crippen LogP contribution in [0.5, 0.6) is 0 Å². The Bertz CT molecular complexity index is 1020. The molecule has 27 heavy (non-hydrogen) atoms. The van der Waals surface area contributed by atoms with Crippen molar-refractivity contribution in [2.45, 2.75) is 12.5 Å². The molecule has 10 heteroatoms. The molecule has 1 unspecified atom stereocenters. The molecule has 3 aromatic rings. The van der Waals surface area contributed by atoms with Crippen LogP contribution >= 0.6 is 23.4 Å². The average Bonchev–Trinajstić information content (AvgIpc) is 3.22. The van der Waals surface area contributed by atoms with E-state index in [4.69, 9.17) is 20.4 Å². The Morgan fingerprint density at radius 3 is 2.78 bits per heavy atom. The molecule has 0 aliphatic rings. The van der Waals surface area contributed by atoms with Crippen molar-refractivity contribution in [2.24, 2.45) is 0 Å². The van der Waals surface area contributed by atoms with E-state index < -0.39 is 17.7 Å². The highest BCUT2D eigenvalue weighted by atomic mass is 35.5. The second kappa shape index (κ2) is 8.36. The fourth-order valence-electron chi connectivity index (χ4n) is 2.43. The van der Waals surface area contributed by atoms with E-state index in [1.807, 2.05) is 6.26 Å². The van der Waals surface area contributed by atoms with Crippen LogP contribution in [-0.4, -0.2) is 34.8 Å². The van der Waals surface area contributed by atoms with Gasteiger partial charge in [-0.15, -0.1) is 0 Å². The summed E-state index contributed by atoms with van der Waals surface area (Å²) in [5.41, 5.74) is 1.32. The van der Waals surface area contributed by atoms with Crippen LogP contribution < -0.4 is 16.4 Å². The predicted molar refractivity (Wildman–Crippen MR) is 103 cm³/mol. The molecule has 2 heterocycles. The number of anilines is 1. The number of furan rings is 1. The monoisotopic (exact) mass is 409 g/mol. The van der Waals surface area contributed by atoms with Crippen LogP contribution in [-0.2, 0) is 4.79 Å². The van der Waals surface area contributed by atoms with E-state index in [-0.39, 0.29) is 16.9 Å². The van der Waals surface area contributed by atoms with Crippen LogP contribution in [0.4, 0.5) is 5.69 Å². The largest absolute Gasteiger partial charge is 0.440 e. The van der Waals surface area contributed by atoms with Gasteiger partial charge < -0.3 is 19.5 Å². The van der Waals surface area contributed by atoms with Gasteiger partial charge in [-0.05, 0) is 60.4 Å². The van der Waals surface area contributed by atoms with Gasteiger partial charge in [-0.25, -0.2) is 4.79 Å². The Morgan fingerprint density at radius 1 is 1.26 bits per heavy atom. The SMILES string of the molecule is CSCCC(NC(=O)c1ccc(Cl)o1)C(=O)Nc1ccc2oc(=O)[nH]c2c1. The third-order valence-corrected chi connectivity index (χ3v) is 4.56. The fourth-order valence-corrected chi connectivity index (χ4v) is 3.05. The van der Waals surface area contributed by atoms with Gasteiger partial charge in [-0.2, -0.15) is 11.8 Å². The molecule has 2 amide bonds. The standard InChI is InChI=1S/C17H16ClN3O5S/c1-27-7-6-10(20-16(23)13-4-5-14(18)25-13)15(22)19-9-2-3-12-11(8-9)21-17(24)26-12/h2-5,8,10H,6-7H2,1H3,(H,19,22)(H,20,23)(H,21,24). The second-order valence-corrected chi connectivity index (χ2v) is 6.98. The van der Waals surface area contributed by atoms with Crippen molar-refractivity contribution in [3.05, 3.63) is 51.9 Å². The lowest BCUT2D eigenvalue weighted by atomic mass is 10.2. The molecule has 1 atom stereocenters. The van der Waals surface area contributed by atoms with Crippen molar-refractivity contribution < 1.29 is 18.4 Å². The Kier molecular flexibility index (Phi) is 5.92. The number of thioether (sulfide) groups is 1. The number of carbonyl (C=O) groups excluding carboxylic acids is 2. The molecule has 8 nitrogen and oxygen atoms in total. The van der Waals surface area contributed by atoms with Gasteiger partial charge >= 0.3 is 5.76 Å². The molecule has 0 aliphatic carbocycles. The van der Waals surface area contributed by atoms with Crippen molar-refractivity contribution in [3.8, 4) is 0 Å². The molecule has 1 aromatic carbocycles. The third kappa shape index (κ3) is 4.75. The molecule has 3 rings (SSSR count). The molecule has 0 saturated heterocycles. The van der Waals surface area contributed by atoms with Gasteiger partial charge in [0.2, 0.25) is 5.91 Å².